The van der Waals surface area contributed by atoms with E-state index in [4.69, 9.17) is 4.74 Å². The summed E-state index contributed by atoms with van der Waals surface area (Å²) in [4.78, 5) is 32.7. The maximum atomic E-state index is 14.4. The van der Waals surface area contributed by atoms with Gasteiger partial charge < -0.3 is 19.9 Å². The van der Waals surface area contributed by atoms with Crippen LogP contribution < -0.4 is 10.2 Å². The van der Waals surface area contributed by atoms with Crippen LogP contribution in [0.2, 0.25) is 0 Å². The molecule has 2 aliphatic heterocycles. The Morgan fingerprint density at radius 2 is 1.92 bits per heavy atom. The minimum Gasteiger partial charge on any atom is -0.444 e. The van der Waals surface area contributed by atoms with Gasteiger partial charge in [-0.1, -0.05) is 0 Å². The van der Waals surface area contributed by atoms with Gasteiger partial charge in [0.15, 0.2) is 0 Å². The second-order valence-electron chi connectivity index (χ2n) is 10.9. The van der Waals surface area contributed by atoms with Gasteiger partial charge >= 0.3 is 12.3 Å². The third-order valence-corrected chi connectivity index (χ3v) is 7.37. The first-order valence-electron chi connectivity index (χ1n) is 11.7. The summed E-state index contributed by atoms with van der Waals surface area (Å²) in [5.41, 5.74) is -3.12. The van der Waals surface area contributed by atoms with Gasteiger partial charge in [0.2, 0.25) is 5.91 Å². The number of nitriles is 1. The van der Waals surface area contributed by atoms with E-state index in [1.54, 1.807) is 49.9 Å². The monoisotopic (exact) mass is 501 g/mol. The number of aromatic nitrogens is 1. The fraction of sp³-hybridized carbons (Fsp3) is 0.520. The number of ether oxygens (including phenoxy) is 1. The molecule has 2 atom stereocenters. The maximum absolute atomic E-state index is 14.4. The number of likely N-dealkylation sites (tertiary alicyclic amines) is 1. The Morgan fingerprint density at radius 3 is 2.56 bits per heavy atom. The summed E-state index contributed by atoms with van der Waals surface area (Å²) in [6, 6.07) is 8.25. The Kier molecular flexibility index (Phi) is 5.18. The lowest BCUT2D eigenvalue weighted by atomic mass is 9.92. The number of carbonyl (C=O) groups is 2. The molecule has 0 bridgehead atoms. The van der Waals surface area contributed by atoms with Crippen molar-refractivity contribution in [3.63, 3.8) is 0 Å². The Hall–Kier alpha value is -3.55. The maximum Gasteiger partial charge on any atom is 0.407 e. The molecule has 5 rings (SSSR count). The predicted molar refractivity (Wildman–Crippen MR) is 124 cm³/mol. The van der Waals surface area contributed by atoms with Crippen LogP contribution in [-0.2, 0) is 9.53 Å². The van der Waals surface area contributed by atoms with Crippen molar-refractivity contribution >= 4 is 28.6 Å². The molecule has 8 nitrogen and oxygen atoms in total. The van der Waals surface area contributed by atoms with Gasteiger partial charge in [0.1, 0.15) is 17.1 Å². The van der Waals surface area contributed by atoms with Crippen LogP contribution in [0.5, 0.6) is 0 Å². The highest BCUT2D eigenvalue weighted by Gasteiger charge is 2.86. The molecule has 0 radical (unpaired) electrons. The standard InChI is InChI=1S/C25H26F3N5O3/c1-22(2,3)36-21(35)31-16-10-32(11-16)20(34)23-12-24(23,25(26,27)28)14-33(13-23)18-7-6-15(9-29)19-17(18)5-4-8-30-19/h4-8,16H,10-14H2,1-3H3,(H,31,35). The number of benzene rings is 1. The van der Waals surface area contributed by atoms with Crippen molar-refractivity contribution in [1.29, 1.82) is 5.26 Å². The molecular weight excluding hydrogens is 475 g/mol. The highest BCUT2D eigenvalue weighted by atomic mass is 19.4. The Labute approximate surface area is 206 Å². The highest BCUT2D eigenvalue weighted by molar-refractivity contribution is 5.97. The second kappa shape index (κ2) is 7.72. The number of pyridine rings is 1. The number of anilines is 1. The van der Waals surface area contributed by atoms with Gasteiger partial charge in [-0.15, -0.1) is 0 Å². The lowest BCUT2D eigenvalue weighted by Gasteiger charge is -2.41. The molecule has 1 saturated carbocycles. The third kappa shape index (κ3) is 3.62. The minimum absolute atomic E-state index is 0.0814. The number of rotatable bonds is 3. The van der Waals surface area contributed by atoms with Gasteiger partial charge in [-0.2, -0.15) is 18.4 Å². The van der Waals surface area contributed by atoms with Crippen molar-refractivity contribution in [3.05, 3.63) is 36.0 Å². The molecule has 36 heavy (non-hydrogen) atoms. The number of alkyl carbamates (subject to hydrolysis) is 1. The van der Waals surface area contributed by atoms with Crippen LogP contribution in [0.1, 0.15) is 32.8 Å². The van der Waals surface area contributed by atoms with Crippen LogP contribution in [0.15, 0.2) is 30.5 Å². The van der Waals surface area contributed by atoms with E-state index >= 15 is 0 Å². The number of halogens is 3. The quantitative estimate of drug-likeness (QED) is 0.690. The summed E-state index contributed by atoms with van der Waals surface area (Å²) in [7, 11) is 0. The molecule has 11 heteroatoms. The van der Waals surface area contributed by atoms with Gasteiger partial charge in [0.05, 0.1) is 22.5 Å². The molecule has 1 N–H and O–H groups in total. The van der Waals surface area contributed by atoms with Crippen LogP contribution >= 0.6 is 0 Å². The Morgan fingerprint density at radius 1 is 1.19 bits per heavy atom. The van der Waals surface area contributed by atoms with Gasteiger partial charge in [-0.3, -0.25) is 9.78 Å². The van der Waals surface area contributed by atoms with E-state index in [-0.39, 0.29) is 38.6 Å². The molecule has 2 aromatic rings. The van der Waals surface area contributed by atoms with Gasteiger partial charge in [0.25, 0.3) is 0 Å². The lowest BCUT2D eigenvalue weighted by Crippen LogP contribution is -2.63. The molecule has 3 fully saturated rings. The molecule has 1 aliphatic carbocycles. The molecule has 1 aromatic carbocycles. The SMILES string of the molecule is CC(C)(C)OC(=O)NC1CN(C(=O)C23CN(c4ccc(C#N)c5ncccc45)CC2(C(F)(F)F)C3)C1. The van der Waals surface area contributed by atoms with Crippen molar-refractivity contribution < 1.29 is 27.5 Å². The number of hydrogen-bond acceptors (Lipinski definition) is 6. The van der Waals surface area contributed by atoms with Crippen molar-refractivity contribution in [1.82, 2.24) is 15.2 Å². The van der Waals surface area contributed by atoms with E-state index in [1.807, 2.05) is 0 Å². The summed E-state index contributed by atoms with van der Waals surface area (Å²) >= 11 is 0. The highest BCUT2D eigenvalue weighted by Crippen LogP contribution is 2.75. The molecule has 1 aromatic heterocycles. The summed E-state index contributed by atoms with van der Waals surface area (Å²) in [5.74, 6) is -0.541. The number of amides is 2. The van der Waals surface area contributed by atoms with Crippen LogP contribution in [0.4, 0.5) is 23.7 Å². The summed E-state index contributed by atoms with van der Waals surface area (Å²) in [6.07, 6.45) is -3.91. The summed E-state index contributed by atoms with van der Waals surface area (Å²) in [6.45, 7) is 5.03. The van der Waals surface area contributed by atoms with E-state index in [1.165, 1.54) is 11.1 Å². The van der Waals surface area contributed by atoms with Crippen LogP contribution in [0.3, 0.4) is 0 Å². The normalized spacial score (nSPS) is 25.7. The van der Waals surface area contributed by atoms with Crippen molar-refractivity contribution in [2.75, 3.05) is 31.1 Å². The van der Waals surface area contributed by atoms with Gasteiger partial charge in [-0.25, -0.2) is 4.79 Å². The molecule has 190 valence electrons. The van der Waals surface area contributed by atoms with E-state index in [9.17, 15) is 28.0 Å². The van der Waals surface area contributed by atoms with E-state index < -0.39 is 34.6 Å². The minimum atomic E-state index is -4.56. The number of fused-ring (bicyclic) bond motifs is 2. The predicted octanol–water partition coefficient (Wildman–Crippen LogP) is 3.60. The lowest BCUT2D eigenvalue weighted by molar-refractivity contribution is -0.194. The zero-order valence-electron chi connectivity index (χ0n) is 20.1. The topological polar surface area (TPSA) is 98.6 Å². The zero-order valence-corrected chi connectivity index (χ0v) is 20.1. The first-order chi connectivity index (χ1) is 16.8. The van der Waals surface area contributed by atoms with Gasteiger partial charge in [0, 0.05) is 43.4 Å². The smallest absolute Gasteiger partial charge is 0.407 e. The van der Waals surface area contributed by atoms with Gasteiger partial charge in [-0.05, 0) is 51.5 Å². The fourth-order valence-electron chi connectivity index (χ4n) is 5.61. The molecule has 2 saturated heterocycles. The average Bonchev–Trinajstić information content (AvgIpc) is 3.31. The molecular formula is C25H26F3N5O3. The number of hydrogen-bond donors (Lipinski definition) is 1. The number of nitrogens with one attached hydrogen (secondary N) is 1. The van der Waals surface area contributed by atoms with Crippen molar-refractivity contribution in [2.24, 2.45) is 10.8 Å². The zero-order chi connectivity index (χ0) is 26.1. The van der Waals surface area contributed by atoms with Crippen molar-refractivity contribution in [3.8, 4) is 6.07 Å². The largest absolute Gasteiger partial charge is 0.444 e. The Balaban J connectivity index is 1.36. The van der Waals surface area contributed by atoms with Crippen LogP contribution in [0.25, 0.3) is 10.9 Å². The van der Waals surface area contributed by atoms with Crippen molar-refractivity contribution in [2.45, 2.75) is 45.0 Å². The molecule has 2 amide bonds. The summed E-state index contributed by atoms with van der Waals surface area (Å²) in [5, 5.41) is 12.6. The van der Waals surface area contributed by atoms with Crippen LogP contribution in [-0.4, -0.2) is 65.9 Å². The molecule has 3 aliphatic rings. The van der Waals surface area contributed by atoms with E-state index in [0.717, 1.165) is 0 Å². The average molecular weight is 502 g/mol. The number of nitrogens with zero attached hydrogens (tertiary/aromatic N) is 4. The molecule has 3 heterocycles. The summed E-state index contributed by atoms with van der Waals surface area (Å²) < 4.78 is 48.3. The number of alkyl halides is 3. The first kappa shape index (κ1) is 24.2. The first-order valence-corrected chi connectivity index (χ1v) is 11.7. The van der Waals surface area contributed by atoms with Crippen LogP contribution in [0, 0.1) is 22.2 Å². The Bertz CT molecular complexity index is 1290. The molecule has 2 unspecified atom stereocenters. The second-order valence-corrected chi connectivity index (χ2v) is 10.9. The van der Waals surface area contributed by atoms with E-state index in [2.05, 4.69) is 16.4 Å². The number of carbonyl (C=O) groups excluding carboxylic acids is 2. The number of piperidine rings is 1. The van der Waals surface area contributed by atoms with E-state index in [0.29, 0.717) is 22.2 Å². The third-order valence-electron chi connectivity index (χ3n) is 7.37. The fourth-order valence-corrected chi connectivity index (χ4v) is 5.61. The molecule has 0 spiro atoms.